The molecule has 1 N–H and O–H groups in total. The predicted molar refractivity (Wildman–Crippen MR) is 70.0 cm³/mol. The maximum atomic E-state index is 11.8. The minimum atomic E-state index is 0.113. The Bertz CT molecular complexity index is 435. The van der Waals surface area contributed by atoms with Gasteiger partial charge in [0.25, 0.3) is 0 Å². The zero-order valence-electron chi connectivity index (χ0n) is 10.8. The third-order valence-corrected chi connectivity index (χ3v) is 2.68. The Labute approximate surface area is 107 Å². The number of carbonyl (C=O) groups is 1. The highest BCUT2D eigenvalue weighted by Crippen LogP contribution is 2.09. The van der Waals surface area contributed by atoms with Gasteiger partial charge in [0.2, 0.25) is 5.91 Å². The van der Waals surface area contributed by atoms with Gasteiger partial charge in [-0.15, -0.1) is 0 Å². The van der Waals surface area contributed by atoms with Gasteiger partial charge in [-0.05, 0) is 26.0 Å². The second kappa shape index (κ2) is 7.28. The molecular weight excluding hydrogens is 228 g/mol. The van der Waals surface area contributed by atoms with Crippen molar-refractivity contribution in [3.8, 4) is 6.07 Å². The van der Waals surface area contributed by atoms with Crippen molar-refractivity contribution in [1.82, 2.24) is 9.88 Å². The number of nitriles is 1. The van der Waals surface area contributed by atoms with Crippen molar-refractivity contribution < 1.29 is 4.79 Å². The fourth-order valence-corrected chi connectivity index (χ4v) is 1.66. The molecule has 0 aliphatic carbocycles. The van der Waals surface area contributed by atoms with Crippen LogP contribution in [0.2, 0.25) is 0 Å². The molecule has 0 spiro atoms. The molecule has 1 aromatic rings. The van der Waals surface area contributed by atoms with Crippen LogP contribution in [0.5, 0.6) is 0 Å². The quantitative estimate of drug-likeness (QED) is 0.828. The molecule has 18 heavy (non-hydrogen) atoms. The molecule has 5 nitrogen and oxygen atoms in total. The first-order chi connectivity index (χ1) is 8.72. The van der Waals surface area contributed by atoms with E-state index in [-0.39, 0.29) is 5.91 Å². The lowest BCUT2D eigenvalue weighted by molar-refractivity contribution is -0.130. The summed E-state index contributed by atoms with van der Waals surface area (Å²) in [5, 5.41) is 11.9. The molecule has 1 heterocycles. The molecule has 0 aromatic carbocycles. The smallest absolute Gasteiger partial charge is 0.224 e. The Morgan fingerprint density at radius 1 is 1.50 bits per heavy atom. The highest BCUT2D eigenvalue weighted by atomic mass is 16.2. The largest absolute Gasteiger partial charge is 0.368 e. The van der Waals surface area contributed by atoms with Gasteiger partial charge in [-0.2, -0.15) is 5.26 Å². The standard InChI is InChI=1S/C13H18N4O/c1-3-17(4-2)12(18)7-9-16-13-11(10-14)6-5-8-15-13/h5-6,8H,3-4,7,9H2,1-2H3,(H,15,16). The Morgan fingerprint density at radius 3 is 2.83 bits per heavy atom. The van der Waals surface area contributed by atoms with Crippen LogP contribution in [0.4, 0.5) is 5.82 Å². The normalized spacial score (nSPS) is 9.61. The number of pyridine rings is 1. The average Bonchev–Trinajstić information content (AvgIpc) is 2.40. The van der Waals surface area contributed by atoms with Crippen molar-refractivity contribution in [3.05, 3.63) is 23.9 Å². The summed E-state index contributed by atoms with van der Waals surface area (Å²) in [6.45, 7) is 5.86. The van der Waals surface area contributed by atoms with E-state index in [1.54, 1.807) is 23.2 Å². The summed E-state index contributed by atoms with van der Waals surface area (Å²) in [7, 11) is 0. The Kier molecular flexibility index (Phi) is 5.65. The number of carbonyl (C=O) groups excluding carboxylic acids is 1. The van der Waals surface area contributed by atoms with Gasteiger partial charge in [0, 0.05) is 32.3 Å². The molecule has 0 saturated heterocycles. The Balaban J connectivity index is 2.47. The molecule has 0 aliphatic heterocycles. The van der Waals surface area contributed by atoms with E-state index < -0.39 is 0 Å². The maximum Gasteiger partial charge on any atom is 0.224 e. The van der Waals surface area contributed by atoms with Gasteiger partial charge in [-0.1, -0.05) is 0 Å². The summed E-state index contributed by atoms with van der Waals surface area (Å²) in [6.07, 6.45) is 2.03. The molecule has 0 aliphatic rings. The number of rotatable bonds is 6. The summed E-state index contributed by atoms with van der Waals surface area (Å²) >= 11 is 0. The molecule has 5 heteroatoms. The topological polar surface area (TPSA) is 69.0 Å². The van der Waals surface area contributed by atoms with E-state index in [0.717, 1.165) is 13.1 Å². The van der Waals surface area contributed by atoms with Crippen molar-refractivity contribution in [2.75, 3.05) is 25.0 Å². The first kappa shape index (κ1) is 14.0. The SMILES string of the molecule is CCN(CC)C(=O)CCNc1ncccc1C#N. The van der Waals surface area contributed by atoms with Crippen LogP contribution < -0.4 is 5.32 Å². The molecule has 0 bridgehead atoms. The summed E-state index contributed by atoms with van der Waals surface area (Å²) in [4.78, 5) is 17.6. The van der Waals surface area contributed by atoms with Gasteiger partial charge in [0.15, 0.2) is 0 Å². The summed E-state index contributed by atoms with van der Waals surface area (Å²) < 4.78 is 0. The zero-order chi connectivity index (χ0) is 13.4. The van der Waals surface area contributed by atoms with E-state index in [4.69, 9.17) is 5.26 Å². The number of hydrogen-bond acceptors (Lipinski definition) is 4. The Hall–Kier alpha value is -2.09. The van der Waals surface area contributed by atoms with E-state index in [0.29, 0.717) is 24.3 Å². The number of amides is 1. The molecule has 0 atom stereocenters. The first-order valence-corrected chi connectivity index (χ1v) is 6.09. The van der Waals surface area contributed by atoms with Crippen molar-refractivity contribution in [2.45, 2.75) is 20.3 Å². The summed E-state index contributed by atoms with van der Waals surface area (Å²) in [6, 6.07) is 5.47. The minimum Gasteiger partial charge on any atom is -0.368 e. The van der Waals surface area contributed by atoms with Gasteiger partial charge in [0.1, 0.15) is 11.9 Å². The number of nitrogens with one attached hydrogen (secondary N) is 1. The van der Waals surface area contributed by atoms with Crippen LogP contribution in [0.1, 0.15) is 25.8 Å². The highest BCUT2D eigenvalue weighted by Gasteiger charge is 2.09. The lowest BCUT2D eigenvalue weighted by Crippen LogP contribution is -2.31. The van der Waals surface area contributed by atoms with Crippen LogP contribution in [0, 0.1) is 11.3 Å². The van der Waals surface area contributed by atoms with Crippen LogP contribution >= 0.6 is 0 Å². The molecule has 0 saturated carbocycles. The van der Waals surface area contributed by atoms with E-state index in [9.17, 15) is 4.79 Å². The van der Waals surface area contributed by atoms with E-state index >= 15 is 0 Å². The fourth-order valence-electron chi connectivity index (χ4n) is 1.66. The van der Waals surface area contributed by atoms with Gasteiger partial charge in [-0.3, -0.25) is 4.79 Å². The zero-order valence-corrected chi connectivity index (χ0v) is 10.8. The first-order valence-electron chi connectivity index (χ1n) is 6.09. The number of nitrogens with zero attached hydrogens (tertiary/aromatic N) is 3. The Morgan fingerprint density at radius 2 is 2.22 bits per heavy atom. The highest BCUT2D eigenvalue weighted by molar-refractivity contribution is 5.76. The monoisotopic (exact) mass is 246 g/mol. The van der Waals surface area contributed by atoms with Crippen molar-refractivity contribution in [2.24, 2.45) is 0 Å². The number of hydrogen-bond donors (Lipinski definition) is 1. The second-order valence-corrected chi connectivity index (χ2v) is 3.75. The molecule has 1 aromatic heterocycles. The molecular formula is C13H18N4O. The predicted octanol–water partition coefficient (Wildman–Crippen LogP) is 1.62. The molecule has 1 amide bonds. The number of aromatic nitrogens is 1. The van der Waals surface area contributed by atoms with E-state index in [1.165, 1.54) is 0 Å². The lowest BCUT2D eigenvalue weighted by atomic mass is 10.2. The summed E-state index contributed by atoms with van der Waals surface area (Å²) in [5.41, 5.74) is 0.493. The third-order valence-electron chi connectivity index (χ3n) is 2.68. The molecule has 0 fully saturated rings. The van der Waals surface area contributed by atoms with Crippen LogP contribution in [0.15, 0.2) is 18.3 Å². The van der Waals surface area contributed by atoms with Crippen LogP contribution in [-0.4, -0.2) is 35.4 Å². The molecule has 96 valence electrons. The fraction of sp³-hybridized carbons (Fsp3) is 0.462. The maximum absolute atomic E-state index is 11.8. The minimum absolute atomic E-state index is 0.113. The van der Waals surface area contributed by atoms with Crippen LogP contribution in [0.3, 0.4) is 0 Å². The summed E-state index contributed by atoms with van der Waals surface area (Å²) in [5.74, 6) is 0.647. The van der Waals surface area contributed by atoms with Gasteiger partial charge in [-0.25, -0.2) is 4.98 Å². The third kappa shape index (κ3) is 3.74. The lowest BCUT2D eigenvalue weighted by Gasteiger charge is -2.18. The molecule has 0 unspecified atom stereocenters. The van der Waals surface area contributed by atoms with Crippen LogP contribution in [-0.2, 0) is 4.79 Å². The number of anilines is 1. The van der Waals surface area contributed by atoms with Gasteiger partial charge < -0.3 is 10.2 Å². The van der Waals surface area contributed by atoms with Crippen LogP contribution in [0.25, 0.3) is 0 Å². The van der Waals surface area contributed by atoms with Gasteiger partial charge >= 0.3 is 0 Å². The van der Waals surface area contributed by atoms with Crippen molar-refractivity contribution >= 4 is 11.7 Å². The van der Waals surface area contributed by atoms with E-state index in [1.807, 2.05) is 13.8 Å². The van der Waals surface area contributed by atoms with Crippen molar-refractivity contribution in [1.29, 1.82) is 5.26 Å². The van der Waals surface area contributed by atoms with Gasteiger partial charge in [0.05, 0.1) is 5.56 Å². The molecule has 0 radical (unpaired) electrons. The van der Waals surface area contributed by atoms with Crippen molar-refractivity contribution in [3.63, 3.8) is 0 Å². The average molecular weight is 246 g/mol. The second-order valence-electron chi connectivity index (χ2n) is 3.75. The molecule has 1 rings (SSSR count). The van der Waals surface area contributed by atoms with E-state index in [2.05, 4.69) is 16.4 Å².